The van der Waals surface area contributed by atoms with E-state index in [-0.39, 0.29) is 5.60 Å². The van der Waals surface area contributed by atoms with Crippen LogP contribution in [0, 0.1) is 0 Å². The molecule has 4 nitrogen and oxygen atoms in total. The molecule has 0 spiro atoms. The molecule has 1 aromatic rings. The summed E-state index contributed by atoms with van der Waals surface area (Å²) in [5.41, 5.74) is 1.35. The van der Waals surface area contributed by atoms with E-state index in [0.717, 1.165) is 26.0 Å². The minimum Gasteiger partial charge on any atom is -0.375 e. The summed E-state index contributed by atoms with van der Waals surface area (Å²) in [7, 11) is 0. The lowest BCUT2D eigenvalue weighted by atomic mass is 9.93. The van der Waals surface area contributed by atoms with Crippen molar-refractivity contribution in [2.45, 2.75) is 63.6 Å². The molecule has 2 atom stereocenters. The van der Waals surface area contributed by atoms with Crippen LogP contribution >= 0.6 is 0 Å². The van der Waals surface area contributed by atoms with Gasteiger partial charge in [-0.1, -0.05) is 6.42 Å². The van der Waals surface area contributed by atoms with Crippen molar-refractivity contribution in [1.29, 1.82) is 0 Å². The van der Waals surface area contributed by atoms with Crippen LogP contribution < -0.4 is 5.32 Å². The SMILES string of the molecule is CC1(C)CC(n2cncc2C2CCCCN2)CCO1. The van der Waals surface area contributed by atoms with E-state index in [9.17, 15) is 0 Å². The second-order valence-electron chi connectivity index (χ2n) is 6.48. The lowest BCUT2D eigenvalue weighted by Crippen LogP contribution is -2.36. The Labute approximate surface area is 115 Å². The largest absolute Gasteiger partial charge is 0.375 e. The first-order chi connectivity index (χ1) is 9.16. The van der Waals surface area contributed by atoms with Crippen molar-refractivity contribution in [3.05, 3.63) is 18.2 Å². The van der Waals surface area contributed by atoms with Crippen molar-refractivity contribution in [3.63, 3.8) is 0 Å². The number of hydrogen-bond donors (Lipinski definition) is 1. The topological polar surface area (TPSA) is 39.1 Å². The molecule has 3 heterocycles. The minimum absolute atomic E-state index is 0.00947. The third-order valence-corrected chi connectivity index (χ3v) is 4.43. The number of nitrogens with zero attached hydrogens (tertiary/aromatic N) is 2. The number of imidazole rings is 1. The Morgan fingerprint density at radius 1 is 1.37 bits per heavy atom. The third-order valence-electron chi connectivity index (χ3n) is 4.43. The second kappa shape index (κ2) is 5.25. The van der Waals surface area contributed by atoms with Crippen molar-refractivity contribution in [2.24, 2.45) is 0 Å². The van der Waals surface area contributed by atoms with Crippen LogP contribution in [0.25, 0.3) is 0 Å². The van der Waals surface area contributed by atoms with Gasteiger partial charge in [-0.2, -0.15) is 0 Å². The molecule has 1 aromatic heterocycles. The summed E-state index contributed by atoms with van der Waals surface area (Å²) in [6.07, 6.45) is 10.1. The summed E-state index contributed by atoms with van der Waals surface area (Å²) in [4.78, 5) is 4.40. The molecule has 0 saturated carbocycles. The molecule has 0 bridgehead atoms. The van der Waals surface area contributed by atoms with Gasteiger partial charge in [-0.25, -0.2) is 4.98 Å². The number of nitrogens with one attached hydrogen (secondary N) is 1. The molecule has 2 aliphatic rings. The van der Waals surface area contributed by atoms with Crippen molar-refractivity contribution in [1.82, 2.24) is 14.9 Å². The summed E-state index contributed by atoms with van der Waals surface area (Å²) in [6.45, 7) is 6.37. The molecule has 2 saturated heterocycles. The predicted molar refractivity (Wildman–Crippen MR) is 75.1 cm³/mol. The Hall–Kier alpha value is -0.870. The molecular formula is C15H25N3O. The van der Waals surface area contributed by atoms with Gasteiger partial charge in [-0.15, -0.1) is 0 Å². The van der Waals surface area contributed by atoms with Gasteiger partial charge in [-0.3, -0.25) is 0 Å². The highest BCUT2D eigenvalue weighted by atomic mass is 16.5. The van der Waals surface area contributed by atoms with E-state index in [4.69, 9.17) is 4.74 Å². The Balaban J connectivity index is 1.79. The number of piperidine rings is 1. The zero-order chi connectivity index (χ0) is 13.3. The second-order valence-corrected chi connectivity index (χ2v) is 6.48. The van der Waals surface area contributed by atoms with Crippen molar-refractivity contribution in [3.8, 4) is 0 Å². The van der Waals surface area contributed by atoms with Crippen LogP contribution in [0.5, 0.6) is 0 Å². The fourth-order valence-electron chi connectivity index (χ4n) is 3.43. The molecule has 3 rings (SSSR count). The van der Waals surface area contributed by atoms with E-state index in [2.05, 4.69) is 28.7 Å². The summed E-state index contributed by atoms with van der Waals surface area (Å²) in [5.74, 6) is 0. The van der Waals surface area contributed by atoms with Crippen molar-refractivity contribution < 1.29 is 4.74 Å². The summed E-state index contributed by atoms with van der Waals surface area (Å²) < 4.78 is 8.23. The molecule has 0 radical (unpaired) electrons. The Morgan fingerprint density at radius 3 is 3.00 bits per heavy atom. The predicted octanol–water partition coefficient (Wildman–Crippen LogP) is 2.83. The lowest BCUT2D eigenvalue weighted by molar-refractivity contribution is -0.0696. The van der Waals surface area contributed by atoms with Gasteiger partial charge < -0.3 is 14.6 Å². The van der Waals surface area contributed by atoms with E-state index in [1.807, 2.05) is 12.5 Å². The van der Waals surface area contributed by atoms with Gasteiger partial charge in [-0.05, 0) is 46.1 Å². The Morgan fingerprint density at radius 2 is 2.26 bits per heavy atom. The normalized spacial score (nSPS) is 31.3. The van der Waals surface area contributed by atoms with Crippen molar-refractivity contribution in [2.75, 3.05) is 13.2 Å². The van der Waals surface area contributed by atoms with Gasteiger partial charge in [0, 0.05) is 24.9 Å². The lowest BCUT2D eigenvalue weighted by Gasteiger charge is -2.37. The van der Waals surface area contributed by atoms with Gasteiger partial charge in [0.1, 0.15) is 0 Å². The maximum absolute atomic E-state index is 5.83. The number of ether oxygens (including phenoxy) is 1. The Bertz CT molecular complexity index is 421. The van der Waals surface area contributed by atoms with Crippen LogP contribution in [0.15, 0.2) is 12.5 Å². The molecule has 0 aromatic carbocycles. The molecule has 2 aliphatic heterocycles. The van der Waals surface area contributed by atoms with Crippen LogP contribution in [0.3, 0.4) is 0 Å². The molecule has 1 N–H and O–H groups in total. The fourth-order valence-corrected chi connectivity index (χ4v) is 3.43. The molecular weight excluding hydrogens is 238 g/mol. The first-order valence-electron chi connectivity index (χ1n) is 7.55. The number of rotatable bonds is 2. The molecule has 4 heteroatoms. The van der Waals surface area contributed by atoms with Crippen LogP contribution in [-0.4, -0.2) is 28.3 Å². The van der Waals surface area contributed by atoms with E-state index in [1.54, 1.807) is 0 Å². The Kier molecular flexibility index (Phi) is 3.63. The van der Waals surface area contributed by atoms with Gasteiger partial charge in [0.25, 0.3) is 0 Å². The number of aromatic nitrogens is 2. The smallest absolute Gasteiger partial charge is 0.0951 e. The van der Waals surface area contributed by atoms with E-state index in [1.165, 1.54) is 25.0 Å². The first-order valence-corrected chi connectivity index (χ1v) is 7.55. The highest BCUT2D eigenvalue weighted by Gasteiger charge is 2.31. The van der Waals surface area contributed by atoms with E-state index in [0.29, 0.717) is 12.1 Å². The van der Waals surface area contributed by atoms with E-state index >= 15 is 0 Å². The molecule has 0 amide bonds. The van der Waals surface area contributed by atoms with Crippen molar-refractivity contribution >= 4 is 0 Å². The van der Waals surface area contributed by atoms with Crippen LogP contribution in [0.4, 0.5) is 0 Å². The molecule has 2 fully saturated rings. The minimum atomic E-state index is -0.00947. The van der Waals surface area contributed by atoms with Gasteiger partial charge >= 0.3 is 0 Å². The van der Waals surface area contributed by atoms with Gasteiger partial charge in [0.15, 0.2) is 0 Å². The standard InChI is InChI=1S/C15H25N3O/c1-15(2)9-12(6-8-19-15)18-11-16-10-14(18)13-5-3-4-7-17-13/h10-13,17H,3-9H2,1-2H3. The molecule has 19 heavy (non-hydrogen) atoms. The van der Waals surface area contributed by atoms with Crippen LogP contribution in [0.2, 0.25) is 0 Å². The third kappa shape index (κ3) is 2.84. The molecule has 106 valence electrons. The maximum atomic E-state index is 5.83. The summed E-state index contributed by atoms with van der Waals surface area (Å²) in [5, 5.41) is 3.63. The van der Waals surface area contributed by atoms with Gasteiger partial charge in [0.05, 0.1) is 17.6 Å². The fraction of sp³-hybridized carbons (Fsp3) is 0.800. The maximum Gasteiger partial charge on any atom is 0.0951 e. The zero-order valence-corrected chi connectivity index (χ0v) is 12.1. The van der Waals surface area contributed by atoms with Crippen LogP contribution in [0.1, 0.15) is 63.7 Å². The zero-order valence-electron chi connectivity index (χ0n) is 12.1. The first kappa shape index (κ1) is 13.1. The molecule has 0 aliphatic carbocycles. The van der Waals surface area contributed by atoms with Crippen LogP contribution in [-0.2, 0) is 4.74 Å². The molecule has 2 unspecified atom stereocenters. The average Bonchev–Trinajstić information content (AvgIpc) is 2.88. The summed E-state index contributed by atoms with van der Waals surface area (Å²) >= 11 is 0. The highest BCUT2D eigenvalue weighted by molar-refractivity contribution is 5.08. The summed E-state index contributed by atoms with van der Waals surface area (Å²) in [6, 6.07) is 1.02. The highest BCUT2D eigenvalue weighted by Crippen LogP contribution is 2.34. The van der Waals surface area contributed by atoms with E-state index < -0.39 is 0 Å². The number of hydrogen-bond acceptors (Lipinski definition) is 3. The average molecular weight is 263 g/mol. The monoisotopic (exact) mass is 263 g/mol. The quantitative estimate of drug-likeness (QED) is 0.891. The van der Waals surface area contributed by atoms with Gasteiger partial charge in [0.2, 0.25) is 0 Å².